The number of carbonyl (C=O) groups excluding carboxylic acids is 2. The largest absolute Gasteiger partial charge is 0.505 e. The molecule has 1 fully saturated rings. The van der Waals surface area contributed by atoms with Crippen LogP contribution in [0.4, 0.5) is 0 Å². The molecule has 0 aliphatic heterocycles. The number of hydrogen-bond acceptors (Lipinski definition) is 5. The van der Waals surface area contributed by atoms with E-state index in [4.69, 9.17) is 0 Å². The van der Waals surface area contributed by atoms with Crippen molar-refractivity contribution in [1.29, 1.82) is 0 Å². The van der Waals surface area contributed by atoms with Crippen LogP contribution in [0.2, 0.25) is 0 Å². The maximum absolute atomic E-state index is 13.8. The second-order valence-electron chi connectivity index (χ2n) is 11.2. The van der Waals surface area contributed by atoms with Crippen molar-refractivity contribution in [3.8, 4) is 5.75 Å². The molecule has 4 rings (SSSR count). The lowest BCUT2D eigenvalue weighted by Gasteiger charge is -2.49. The number of aromatic nitrogens is 1. The number of pyridine rings is 1. The summed E-state index contributed by atoms with van der Waals surface area (Å²) in [4.78, 5) is 44.1. The SMILES string of the molecule is C=C[C@@]1(C)CCC[C@@](C)(C(=O)O)C1CCc1cccc2c1C(=O)c1c(O)c(C(C)C)nc(C)c1C2=O. The van der Waals surface area contributed by atoms with E-state index in [0.717, 1.165) is 12.8 Å². The third-order valence-electron chi connectivity index (χ3n) is 8.64. The van der Waals surface area contributed by atoms with E-state index in [2.05, 4.69) is 18.5 Å². The predicted molar refractivity (Wildman–Crippen MR) is 138 cm³/mol. The highest BCUT2D eigenvalue weighted by Crippen LogP contribution is 2.54. The van der Waals surface area contributed by atoms with Gasteiger partial charge in [0.2, 0.25) is 0 Å². The maximum Gasteiger partial charge on any atom is 0.309 e. The van der Waals surface area contributed by atoms with Crippen LogP contribution < -0.4 is 0 Å². The van der Waals surface area contributed by atoms with Gasteiger partial charge in [0.1, 0.15) is 5.75 Å². The zero-order chi connectivity index (χ0) is 26.6. The fraction of sp³-hybridized carbons (Fsp3) is 0.467. The molecule has 0 amide bonds. The van der Waals surface area contributed by atoms with Crippen molar-refractivity contribution in [1.82, 2.24) is 4.98 Å². The molecule has 1 unspecified atom stereocenters. The molecule has 1 saturated carbocycles. The van der Waals surface area contributed by atoms with Gasteiger partial charge in [-0.25, -0.2) is 0 Å². The summed E-state index contributed by atoms with van der Waals surface area (Å²) in [5, 5.41) is 21.1. The van der Waals surface area contributed by atoms with Gasteiger partial charge in [0.15, 0.2) is 11.6 Å². The minimum atomic E-state index is -0.907. The monoisotopic (exact) mass is 489 g/mol. The Morgan fingerprint density at radius 2 is 1.86 bits per heavy atom. The smallest absolute Gasteiger partial charge is 0.309 e. The van der Waals surface area contributed by atoms with Gasteiger partial charge in [0.05, 0.1) is 22.2 Å². The number of allylic oxidation sites excluding steroid dienone is 1. The Morgan fingerprint density at radius 1 is 1.17 bits per heavy atom. The van der Waals surface area contributed by atoms with Crippen LogP contribution in [0.15, 0.2) is 30.9 Å². The van der Waals surface area contributed by atoms with Crippen LogP contribution in [0, 0.1) is 23.7 Å². The molecule has 0 radical (unpaired) electrons. The molecular weight excluding hydrogens is 454 g/mol. The van der Waals surface area contributed by atoms with Crippen molar-refractivity contribution in [2.75, 3.05) is 0 Å². The third-order valence-corrected chi connectivity index (χ3v) is 8.64. The summed E-state index contributed by atoms with van der Waals surface area (Å²) in [6, 6.07) is 5.24. The number of carbonyl (C=O) groups is 3. The molecule has 190 valence electrons. The first kappa shape index (κ1) is 25.8. The highest BCUT2D eigenvalue weighted by atomic mass is 16.4. The van der Waals surface area contributed by atoms with Crippen molar-refractivity contribution in [3.63, 3.8) is 0 Å². The van der Waals surface area contributed by atoms with Crippen molar-refractivity contribution < 1.29 is 24.6 Å². The molecule has 0 bridgehead atoms. The molecule has 3 atom stereocenters. The summed E-state index contributed by atoms with van der Waals surface area (Å²) >= 11 is 0. The normalized spacial score (nSPS) is 25.4. The average molecular weight is 490 g/mol. The average Bonchev–Trinajstić information content (AvgIpc) is 2.82. The summed E-state index contributed by atoms with van der Waals surface area (Å²) in [5.41, 5.74) is 1.08. The zero-order valence-electron chi connectivity index (χ0n) is 21.8. The quantitative estimate of drug-likeness (QED) is 0.411. The molecule has 0 spiro atoms. The Morgan fingerprint density at radius 3 is 2.47 bits per heavy atom. The van der Waals surface area contributed by atoms with Crippen LogP contribution in [-0.4, -0.2) is 32.7 Å². The lowest BCUT2D eigenvalue weighted by molar-refractivity contribution is -0.158. The number of ketones is 2. The lowest BCUT2D eigenvalue weighted by atomic mass is 9.54. The number of carboxylic acids is 1. The van der Waals surface area contributed by atoms with Gasteiger partial charge >= 0.3 is 5.97 Å². The highest BCUT2D eigenvalue weighted by molar-refractivity contribution is 6.30. The first-order chi connectivity index (χ1) is 16.9. The predicted octanol–water partition coefficient (Wildman–Crippen LogP) is 6.01. The topological polar surface area (TPSA) is 105 Å². The summed E-state index contributed by atoms with van der Waals surface area (Å²) < 4.78 is 0. The third kappa shape index (κ3) is 3.78. The number of carboxylic acid groups (broad SMARTS) is 1. The van der Waals surface area contributed by atoms with Gasteiger partial charge in [-0.05, 0) is 62.3 Å². The molecule has 0 saturated heterocycles. The molecule has 36 heavy (non-hydrogen) atoms. The number of benzene rings is 1. The maximum atomic E-state index is 13.8. The second-order valence-corrected chi connectivity index (χ2v) is 11.2. The van der Waals surface area contributed by atoms with Crippen molar-refractivity contribution >= 4 is 17.5 Å². The van der Waals surface area contributed by atoms with Gasteiger partial charge < -0.3 is 10.2 Å². The molecule has 6 nitrogen and oxygen atoms in total. The second kappa shape index (κ2) is 8.99. The molecule has 1 aromatic heterocycles. The molecule has 1 aromatic carbocycles. The summed E-state index contributed by atoms with van der Waals surface area (Å²) in [6.07, 6.45) is 5.12. The van der Waals surface area contributed by atoms with Gasteiger partial charge in [0, 0.05) is 16.8 Å². The molecule has 2 aliphatic carbocycles. The summed E-state index contributed by atoms with van der Waals surface area (Å²) in [7, 11) is 0. The van der Waals surface area contributed by atoms with Gasteiger partial charge in [-0.2, -0.15) is 0 Å². The molecule has 1 heterocycles. The van der Waals surface area contributed by atoms with E-state index < -0.39 is 11.4 Å². The Kier molecular flexibility index (Phi) is 6.44. The van der Waals surface area contributed by atoms with Crippen molar-refractivity contribution in [2.24, 2.45) is 16.7 Å². The number of aliphatic carboxylic acids is 1. The van der Waals surface area contributed by atoms with Crippen LogP contribution >= 0.6 is 0 Å². The van der Waals surface area contributed by atoms with Gasteiger partial charge in [-0.1, -0.05) is 51.5 Å². The van der Waals surface area contributed by atoms with Gasteiger partial charge in [-0.15, -0.1) is 6.58 Å². The Labute approximate surface area is 212 Å². The van der Waals surface area contributed by atoms with Crippen molar-refractivity contribution in [3.05, 3.63) is 70.1 Å². The number of aromatic hydroxyl groups is 1. The Bertz CT molecular complexity index is 1290. The zero-order valence-corrected chi connectivity index (χ0v) is 21.8. The van der Waals surface area contributed by atoms with Gasteiger partial charge in [0.25, 0.3) is 0 Å². The fourth-order valence-electron chi connectivity index (χ4n) is 6.51. The van der Waals surface area contributed by atoms with Crippen LogP contribution in [0.5, 0.6) is 5.75 Å². The van der Waals surface area contributed by atoms with E-state index in [-0.39, 0.29) is 45.7 Å². The van der Waals surface area contributed by atoms with Crippen LogP contribution in [0.3, 0.4) is 0 Å². The number of nitrogens with zero attached hydrogens (tertiary/aromatic N) is 1. The summed E-state index contributed by atoms with van der Waals surface area (Å²) in [6.45, 7) is 13.3. The molecule has 2 N–H and O–H groups in total. The number of rotatable bonds is 6. The Balaban J connectivity index is 1.79. The van der Waals surface area contributed by atoms with E-state index in [1.54, 1.807) is 19.1 Å². The van der Waals surface area contributed by atoms with E-state index in [1.165, 1.54) is 0 Å². The Hall–Kier alpha value is -3.28. The first-order valence-corrected chi connectivity index (χ1v) is 12.7. The number of aryl methyl sites for hydroxylation is 2. The first-order valence-electron chi connectivity index (χ1n) is 12.7. The number of hydrogen-bond donors (Lipinski definition) is 2. The van der Waals surface area contributed by atoms with Crippen LogP contribution in [0.1, 0.15) is 108 Å². The van der Waals surface area contributed by atoms with Crippen LogP contribution in [-0.2, 0) is 11.2 Å². The molecule has 2 aromatic rings. The van der Waals surface area contributed by atoms with E-state index in [0.29, 0.717) is 47.3 Å². The van der Waals surface area contributed by atoms with E-state index in [1.807, 2.05) is 32.9 Å². The number of fused-ring (bicyclic) bond motifs is 2. The summed E-state index contributed by atoms with van der Waals surface area (Å²) in [5.74, 6) is -2.04. The lowest BCUT2D eigenvalue weighted by Crippen LogP contribution is -2.47. The van der Waals surface area contributed by atoms with Crippen LogP contribution in [0.25, 0.3) is 0 Å². The van der Waals surface area contributed by atoms with E-state index in [9.17, 15) is 24.6 Å². The highest BCUT2D eigenvalue weighted by Gasteiger charge is 2.51. The minimum Gasteiger partial charge on any atom is -0.505 e. The van der Waals surface area contributed by atoms with Crippen molar-refractivity contribution in [2.45, 2.75) is 72.6 Å². The van der Waals surface area contributed by atoms with Gasteiger partial charge in [-0.3, -0.25) is 19.4 Å². The standard InChI is InChI=1S/C30H35NO5/c1-7-29(5)14-9-15-30(6,28(35)36)20(29)13-12-18-10-8-11-19-22(18)26(33)23-21(25(19)32)17(4)31-24(16(2)3)27(23)34/h7-8,10-11,16,20,34H,1,9,12-15H2,2-6H3,(H,35,36)/t20?,29-,30+/m0/s1. The molecule has 2 aliphatic rings. The molecular formula is C30H35NO5. The van der Waals surface area contributed by atoms with E-state index >= 15 is 0 Å². The fourth-order valence-corrected chi connectivity index (χ4v) is 6.51. The molecule has 6 heteroatoms. The minimum absolute atomic E-state index is 0.0279.